The molecule has 0 spiro atoms. The van der Waals surface area contributed by atoms with Crippen molar-refractivity contribution in [2.75, 3.05) is 20.3 Å². The Kier molecular flexibility index (Phi) is 5.84. The van der Waals surface area contributed by atoms with Crippen LogP contribution in [-0.2, 0) is 9.47 Å². The third kappa shape index (κ3) is 5.20. The van der Waals surface area contributed by atoms with Gasteiger partial charge < -0.3 is 14.8 Å². The van der Waals surface area contributed by atoms with Crippen molar-refractivity contribution >= 4 is 5.96 Å². The van der Waals surface area contributed by atoms with Crippen molar-refractivity contribution in [3.63, 3.8) is 0 Å². The Hall–Kier alpha value is -0.850. The van der Waals surface area contributed by atoms with E-state index in [0.717, 1.165) is 19.4 Å². The predicted molar refractivity (Wildman–Crippen MR) is 72.3 cm³/mol. The molecule has 18 heavy (non-hydrogen) atoms. The van der Waals surface area contributed by atoms with Crippen molar-refractivity contribution in [3.8, 4) is 0 Å². The number of methoxy groups -OCH3 is 1. The number of nitrogens with two attached hydrogens (primary N) is 1. The van der Waals surface area contributed by atoms with Crippen molar-refractivity contribution < 1.29 is 9.47 Å². The monoisotopic (exact) mass is 258 g/mol. The highest BCUT2D eigenvalue weighted by molar-refractivity contribution is 5.79. The van der Waals surface area contributed by atoms with E-state index < -0.39 is 0 Å². The molecule has 2 atom stereocenters. The normalized spacial score (nSPS) is 25.6. The molecule has 0 aromatic heterocycles. The smallest absolute Gasteiger partial charge is 0.206 e. The summed E-state index contributed by atoms with van der Waals surface area (Å²) >= 11 is 0. The van der Waals surface area contributed by atoms with Crippen LogP contribution in [0.1, 0.15) is 33.6 Å². The lowest BCUT2D eigenvalue weighted by molar-refractivity contribution is -0.0576. The second-order valence-corrected chi connectivity index (χ2v) is 5.38. The van der Waals surface area contributed by atoms with E-state index in [0.29, 0.717) is 12.6 Å². The summed E-state index contributed by atoms with van der Waals surface area (Å²) < 4.78 is 10.7. The number of hydrazine groups is 1. The minimum absolute atomic E-state index is 0.107. The summed E-state index contributed by atoms with van der Waals surface area (Å²) in [6, 6.07) is 0.402. The number of hydrogen-bond donors (Lipinski definition) is 3. The van der Waals surface area contributed by atoms with Crippen LogP contribution in [0.15, 0.2) is 4.99 Å². The number of rotatable bonds is 4. The van der Waals surface area contributed by atoms with Crippen LogP contribution >= 0.6 is 0 Å². The second kappa shape index (κ2) is 6.92. The van der Waals surface area contributed by atoms with E-state index in [1.54, 1.807) is 7.11 Å². The van der Waals surface area contributed by atoms with Gasteiger partial charge in [0.05, 0.1) is 18.2 Å². The van der Waals surface area contributed by atoms with E-state index >= 15 is 0 Å². The number of aliphatic imine (C=N–C) groups is 1. The summed E-state index contributed by atoms with van der Waals surface area (Å²) in [5.41, 5.74) is 2.50. The zero-order valence-electron chi connectivity index (χ0n) is 11.8. The first-order chi connectivity index (χ1) is 8.46. The maximum Gasteiger partial charge on any atom is 0.206 e. The summed E-state index contributed by atoms with van der Waals surface area (Å²) in [7, 11) is 1.67. The molecule has 6 nitrogen and oxygen atoms in total. The van der Waals surface area contributed by atoms with Crippen LogP contribution in [0, 0.1) is 0 Å². The molecule has 1 fully saturated rings. The topological polar surface area (TPSA) is 80.9 Å². The number of hydrogen-bond acceptors (Lipinski definition) is 4. The Morgan fingerprint density at radius 1 is 1.61 bits per heavy atom. The summed E-state index contributed by atoms with van der Waals surface area (Å²) in [6.07, 6.45) is 1.83. The number of nitrogens with one attached hydrogen (secondary N) is 2. The van der Waals surface area contributed by atoms with E-state index in [4.69, 9.17) is 15.3 Å². The molecule has 1 aliphatic heterocycles. The average molecular weight is 258 g/mol. The number of guanidine groups is 1. The first-order valence-corrected chi connectivity index (χ1v) is 6.40. The van der Waals surface area contributed by atoms with Crippen molar-refractivity contribution in [3.05, 3.63) is 0 Å². The molecule has 0 saturated carbocycles. The van der Waals surface area contributed by atoms with Crippen molar-refractivity contribution in [1.29, 1.82) is 0 Å². The minimum atomic E-state index is -0.107. The lowest BCUT2D eigenvalue weighted by atomic mass is 9.94. The lowest BCUT2D eigenvalue weighted by Crippen LogP contribution is -2.48. The molecule has 106 valence electrons. The summed E-state index contributed by atoms with van der Waals surface area (Å²) in [5, 5.41) is 3.19. The molecular formula is C12H26N4O2. The van der Waals surface area contributed by atoms with Crippen molar-refractivity contribution in [2.45, 2.75) is 51.3 Å². The fourth-order valence-electron chi connectivity index (χ4n) is 2.13. The second-order valence-electron chi connectivity index (χ2n) is 5.38. The van der Waals surface area contributed by atoms with Gasteiger partial charge in [-0.15, -0.1) is 0 Å². The molecule has 1 aliphatic rings. The van der Waals surface area contributed by atoms with Crippen LogP contribution in [0.3, 0.4) is 0 Å². The Morgan fingerprint density at radius 2 is 2.33 bits per heavy atom. The van der Waals surface area contributed by atoms with Gasteiger partial charge >= 0.3 is 0 Å². The van der Waals surface area contributed by atoms with Crippen molar-refractivity contribution in [1.82, 2.24) is 10.7 Å². The van der Waals surface area contributed by atoms with Crippen LogP contribution in [0.2, 0.25) is 0 Å². The van der Waals surface area contributed by atoms with E-state index in [-0.39, 0.29) is 17.7 Å². The van der Waals surface area contributed by atoms with Crippen LogP contribution in [0.4, 0.5) is 0 Å². The third-order valence-electron chi connectivity index (χ3n) is 2.92. The van der Waals surface area contributed by atoms with Crippen LogP contribution in [0.5, 0.6) is 0 Å². The molecule has 2 unspecified atom stereocenters. The Morgan fingerprint density at radius 3 is 2.89 bits per heavy atom. The first kappa shape index (κ1) is 15.2. The van der Waals surface area contributed by atoms with Crippen LogP contribution < -0.4 is 16.6 Å². The summed E-state index contributed by atoms with van der Waals surface area (Å²) in [4.78, 5) is 4.61. The molecule has 1 rings (SSSR count). The van der Waals surface area contributed by atoms with Crippen molar-refractivity contribution in [2.24, 2.45) is 10.8 Å². The molecule has 1 heterocycles. The minimum Gasteiger partial charge on any atom is -0.383 e. The van der Waals surface area contributed by atoms with E-state index in [1.165, 1.54) is 0 Å². The lowest BCUT2D eigenvalue weighted by Gasteiger charge is -2.34. The SMILES string of the molecule is COCC(C)NC(=NC1CCOC(C)(C)C1)NN. The quantitative estimate of drug-likeness (QED) is 0.294. The number of nitrogens with zero attached hydrogens (tertiary/aromatic N) is 1. The highest BCUT2D eigenvalue weighted by atomic mass is 16.5. The van der Waals surface area contributed by atoms with Gasteiger partial charge in [-0.25, -0.2) is 10.8 Å². The molecule has 6 heteroatoms. The zero-order chi connectivity index (χ0) is 13.6. The Labute approximate surface area is 109 Å². The molecule has 0 radical (unpaired) electrons. The van der Waals surface area contributed by atoms with Gasteiger partial charge in [0.15, 0.2) is 0 Å². The van der Waals surface area contributed by atoms with E-state index in [9.17, 15) is 0 Å². The maximum absolute atomic E-state index is 5.67. The molecule has 1 saturated heterocycles. The van der Waals surface area contributed by atoms with Gasteiger partial charge in [0, 0.05) is 19.8 Å². The Bertz CT molecular complexity index is 281. The van der Waals surface area contributed by atoms with Gasteiger partial charge in [0.25, 0.3) is 0 Å². The number of ether oxygens (including phenoxy) is 2. The summed E-state index contributed by atoms with van der Waals surface area (Å²) in [6.45, 7) is 7.55. The van der Waals surface area contributed by atoms with Gasteiger partial charge in [-0.3, -0.25) is 5.43 Å². The predicted octanol–water partition coefficient (Wildman–Crippen LogP) is 0.388. The average Bonchev–Trinajstić information content (AvgIpc) is 2.27. The van der Waals surface area contributed by atoms with Crippen LogP contribution in [0.25, 0.3) is 0 Å². The molecule has 4 N–H and O–H groups in total. The van der Waals surface area contributed by atoms with Gasteiger partial charge in [0.2, 0.25) is 5.96 Å². The van der Waals surface area contributed by atoms with Crippen LogP contribution in [-0.4, -0.2) is 44.0 Å². The third-order valence-corrected chi connectivity index (χ3v) is 2.92. The first-order valence-electron chi connectivity index (χ1n) is 6.40. The van der Waals surface area contributed by atoms with E-state index in [2.05, 4.69) is 29.6 Å². The highest BCUT2D eigenvalue weighted by Crippen LogP contribution is 2.25. The summed E-state index contributed by atoms with van der Waals surface area (Å²) in [5.74, 6) is 6.10. The largest absolute Gasteiger partial charge is 0.383 e. The molecule has 0 aromatic carbocycles. The fourth-order valence-corrected chi connectivity index (χ4v) is 2.13. The standard InChI is InChI=1S/C12H26N4O2/c1-9(8-17-4)14-11(16-13)15-10-5-6-18-12(2,3)7-10/h9-10H,5-8,13H2,1-4H3,(H2,14,15,16). The molecule has 0 amide bonds. The highest BCUT2D eigenvalue weighted by Gasteiger charge is 2.28. The Balaban J connectivity index is 2.55. The molecule has 0 aliphatic carbocycles. The fraction of sp³-hybridized carbons (Fsp3) is 0.917. The maximum atomic E-state index is 5.67. The van der Waals surface area contributed by atoms with Gasteiger partial charge in [0.1, 0.15) is 0 Å². The molecular weight excluding hydrogens is 232 g/mol. The molecule has 0 bridgehead atoms. The van der Waals surface area contributed by atoms with Gasteiger partial charge in [-0.2, -0.15) is 0 Å². The van der Waals surface area contributed by atoms with Gasteiger partial charge in [-0.1, -0.05) is 0 Å². The van der Waals surface area contributed by atoms with Gasteiger partial charge in [-0.05, 0) is 33.6 Å². The van der Waals surface area contributed by atoms with E-state index in [1.807, 2.05) is 6.92 Å². The zero-order valence-corrected chi connectivity index (χ0v) is 11.8. The molecule has 0 aromatic rings.